The summed E-state index contributed by atoms with van der Waals surface area (Å²) in [7, 11) is 2.15. The quantitative estimate of drug-likeness (QED) is 0.698. The number of likely N-dealkylation sites (N-methyl/N-ethyl adjacent to an activating group) is 1. The number of aryl methyl sites for hydroxylation is 1. The maximum absolute atomic E-state index is 5.88. The number of anilines is 1. The number of rotatable bonds is 1. The van der Waals surface area contributed by atoms with E-state index in [0.29, 0.717) is 11.3 Å². The molecule has 0 N–H and O–H groups in total. The lowest BCUT2D eigenvalue weighted by molar-refractivity contribution is 0.233. The summed E-state index contributed by atoms with van der Waals surface area (Å²) in [5.74, 6) is 0.942. The lowest BCUT2D eigenvalue weighted by Crippen LogP contribution is -2.50. The maximum Gasteiger partial charge on any atom is 0.224 e. The van der Waals surface area contributed by atoms with E-state index in [2.05, 4.69) is 33.7 Å². The number of aromatic nitrogens is 2. The van der Waals surface area contributed by atoms with Crippen LogP contribution in [0.5, 0.6) is 0 Å². The largest absolute Gasteiger partial charge is 0.354 e. The van der Waals surface area contributed by atoms with Crippen molar-refractivity contribution >= 4 is 17.4 Å². The topological polar surface area (TPSA) is 32.3 Å². The number of piperazine rings is 1. The highest BCUT2D eigenvalue weighted by Gasteiger charge is 2.21. The normalized spacial score (nSPS) is 22.5. The summed E-state index contributed by atoms with van der Waals surface area (Å²) in [4.78, 5) is 13.0. The molecule has 16 heavy (non-hydrogen) atoms. The predicted molar refractivity (Wildman–Crippen MR) is 66.1 cm³/mol. The number of hydrogen-bond donors (Lipinski definition) is 0. The SMILES string of the molecule is Cc1cc(N2CCN(C)C(C)C2)nc(Cl)n1. The lowest BCUT2D eigenvalue weighted by atomic mass is 10.2. The Kier molecular flexibility index (Phi) is 3.30. The molecule has 0 spiro atoms. The molecule has 1 atom stereocenters. The summed E-state index contributed by atoms with van der Waals surface area (Å²) in [6, 6.07) is 2.53. The molecule has 4 nitrogen and oxygen atoms in total. The van der Waals surface area contributed by atoms with Gasteiger partial charge >= 0.3 is 0 Å². The minimum atomic E-state index is 0.335. The Morgan fingerprint density at radius 2 is 2.12 bits per heavy atom. The molecule has 1 saturated heterocycles. The molecule has 5 heteroatoms. The molecular formula is C11H17ClN4. The van der Waals surface area contributed by atoms with E-state index in [4.69, 9.17) is 11.6 Å². The van der Waals surface area contributed by atoms with Crippen LogP contribution in [0.4, 0.5) is 5.82 Å². The van der Waals surface area contributed by atoms with Crippen LogP contribution in [0.3, 0.4) is 0 Å². The average Bonchev–Trinajstić information content (AvgIpc) is 2.20. The fraction of sp³-hybridized carbons (Fsp3) is 0.636. The zero-order valence-electron chi connectivity index (χ0n) is 9.94. The van der Waals surface area contributed by atoms with E-state index in [1.165, 1.54) is 0 Å². The van der Waals surface area contributed by atoms with Gasteiger partial charge in [-0.15, -0.1) is 0 Å². The van der Waals surface area contributed by atoms with Gasteiger partial charge < -0.3 is 9.80 Å². The highest BCUT2D eigenvalue weighted by molar-refractivity contribution is 6.28. The third-order valence-electron chi connectivity index (χ3n) is 3.10. The summed E-state index contributed by atoms with van der Waals surface area (Å²) in [5.41, 5.74) is 0.918. The van der Waals surface area contributed by atoms with Gasteiger partial charge in [-0.05, 0) is 32.5 Å². The molecule has 0 amide bonds. The van der Waals surface area contributed by atoms with Crippen LogP contribution in [0.2, 0.25) is 5.28 Å². The molecule has 2 heterocycles. The maximum atomic E-state index is 5.88. The van der Waals surface area contributed by atoms with Gasteiger partial charge in [0.15, 0.2) is 0 Å². The van der Waals surface area contributed by atoms with Crippen LogP contribution >= 0.6 is 11.6 Å². The monoisotopic (exact) mass is 240 g/mol. The summed E-state index contributed by atoms with van der Waals surface area (Å²) >= 11 is 5.88. The molecule has 1 fully saturated rings. The van der Waals surface area contributed by atoms with E-state index in [1.54, 1.807) is 0 Å². The molecule has 1 aromatic rings. The second-order valence-electron chi connectivity index (χ2n) is 4.41. The minimum Gasteiger partial charge on any atom is -0.354 e. The fourth-order valence-electron chi connectivity index (χ4n) is 1.93. The van der Waals surface area contributed by atoms with Gasteiger partial charge in [0.2, 0.25) is 5.28 Å². The van der Waals surface area contributed by atoms with Crippen LogP contribution in [-0.2, 0) is 0 Å². The van der Waals surface area contributed by atoms with Crippen molar-refractivity contribution in [2.45, 2.75) is 19.9 Å². The second kappa shape index (κ2) is 4.55. The predicted octanol–water partition coefficient (Wildman–Crippen LogP) is 1.58. The first kappa shape index (κ1) is 11.6. The number of halogens is 1. The molecule has 2 rings (SSSR count). The Hall–Kier alpha value is -0.870. The molecule has 0 aromatic carbocycles. The zero-order valence-corrected chi connectivity index (χ0v) is 10.7. The van der Waals surface area contributed by atoms with E-state index < -0.39 is 0 Å². The van der Waals surface area contributed by atoms with E-state index in [-0.39, 0.29) is 0 Å². The van der Waals surface area contributed by atoms with Crippen molar-refractivity contribution in [2.24, 2.45) is 0 Å². The van der Waals surface area contributed by atoms with Gasteiger partial charge in [-0.1, -0.05) is 0 Å². The van der Waals surface area contributed by atoms with Gasteiger partial charge in [0, 0.05) is 37.4 Å². The molecule has 1 unspecified atom stereocenters. The summed E-state index contributed by atoms with van der Waals surface area (Å²) < 4.78 is 0. The molecular weight excluding hydrogens is 224 g/mol. The number of hydrogen-bond acceptors (Lipinski definition) is 4. The van der Waals surface area contributed by atoms with Crippen molar-refractivity contribution in [2.75, 3.05) is 31.6 Å². The third-order valence-corrected chi connectivity index (χ3v) is 3.27. The van der Waals surface area contributed by atoms with Crippen LogP contribution in [0.25, 0.3) is 0 Å². The number of nitrogens with zero attached hydrogens (tertiary/aromatic N) is 4. The van der Waals surface area contributed by atoms with Crippen molar-refractivity contribution in [3.05, 3.63) is 17.0 Å². The first-order chi connectivity index (χ1) is 7.56. The van der Waals surface area contributed by atoms with Crippen molar-refractivity contribution < 1.29 is 0 Å². The van der Waals surface area contributed by atoms with Gasteiger partial charge in [0.05, 0.1) is 0 Å². The smallest absolute Gasteiger partial charge is 0.224 e. The van der Waals surface area contributed by atoms with E-state index in [0.717, 1.165) is 31.1 Å². The molecule has 1 aromatic heterocycles. The van der Waals surface area contributed by atoms with Gasteiger partial charge in [-0.25, -0.2) is 9.97 Å². The van der Waals surface area contributed by atoms with Crippen LogP contribution in [0, 0.1) is 6.92 Å². The molecule has 1 aliphatic rings. The first-order valence-electron chi connectivity index (χ1n) is 5.52. The lowest BCUT2D eigenvalue weighted by Gasteiger charge is -2.38. The summed E-state index contributed by atoms with van der Waals surface area (Å²) in [5, 5.41) is 0.335. The summed E-state index contributed by atoms with van der Waals surface area (Å²) in [6.45, 7) is 7.21. The third kappa shape index (κ3) is 2.44. The molecule has 0 aliphatic carbocycles. The Labute approximate surface area is 101 Å². The van der Waals surface area contributed by atoms with Crippen LogP contribution in [0.15, 0.2) is 6.07 Å². The van der Waals surface area contributed by atoms with Gasteiger partial charge in [0.1, 0.15) is 5.82 Å². The van der Waals surface area contributed by atoms with Crippen molar-refractivity contribution in [1.82, 2.24) is 14.9 Å². The average molecular weight is 241 g/mol. The molecule has 0 bridgehead atoms. The molecule has 0 saturated carbocycles. The Morgan fingerprint density at radius 1 is 1.38 bits per heavy atom. The van der Waals surface area contributed by atoms with E-state index >= 15 is 0 Å². The zero-order chi connectivity index (χ0) is 11.7. The van der Waals surface area contributed by atoms with Crippen molar-refractivity contribution in [3.8, 4) is 0 Å². The van der Waals surface area contributed by atoms with Gasteiger partial charge in [-0.2, -0.15) is 0 Å². The highest BCUT2D eigenvalue weighted by atomic mass is 35.5. The summed E-state index contributed by atoms with van der Waals surface area (Å²) in [6.07, 6.45) is 0. The molecule has 88 valence electrons. The molecule has 1 aliphatic heterocycles. The van der Waals surface area contributed by atoms with Gasteiger partial charge in [0.25, 0.3) is 0 Å². The van der Waals surface area contributed by atoms with Crippen LogP contribution < -0.4 is 4.90 Å². The Morgan fingerprint density at radius 3 is 2.75 bits per heavy atom. The molecule has 0 radical (unpaired) electrons. The standard InChI is InChI=1S/C11H17ClN4/c1-8-6-10(14-11(12)13-8)16-5-4-15(3)9(2)7-16/h6,9H,4-5,7H2,1-3H3. The highest BCUT2D eigenvalue weighted by Crippen LogP contribution is 2.18. The Bertz CT molecular complexity index is 362. The minimum absolute atomic E-state index is 0.335. The van der Waals surface area contributed by atoms with Crippen LogP contribution in [0.1, 0.15) is 12.6 Å². The van der Waals surface area contributed by atoms with E-state index in [9.17, 15) is 0 Å². The van der Waals surface area contributed by atoms with Crippen molar-refractivity contribution in [1.29, 1.82) is 0 Å². The van der Waals surface area contributed by atoms with Crippen molar-refractivity contribution in [3.63, 3.8) is 0 Å². The first-order valence-corrected chi connectivity index (χ1v) is 5.90. The fourth-order valence-corrected chi connectivity index (χ4v) is 2.15. The van der Waals surface area contributed by atoms with Gasteiger partial charge in [-0.3, -0.25) is 0 Å². The second-order valence-corrected chi connectivity index (χ2v) is 4.75. The Balaban J connectivity index is 2.18. The van der Waals surface area contributed by atoms with E-state index in [1.807, 2.05) is 13.0 Å². The van der Waals surface area contributed by atoms with Crippen LogP contribution in [-0.4, -0.2) is 47.6 Å².